The molecule has 1 aliphatic carbocycles. The molecule has 1 fully saturated rings. The van der Waals surface area contributed by atoms with Crippen molar-refractivity contribution in [3.8, 4) is 0 Å². The van der Waals surface area contributed by atoms with Crippen LogP contribution in [0.2, 0.25) is 0 Å². The maximum Gasteiger partial charge on any atom is 0.271 e. The van der Waals surface area contributed by atoms with Gasteiger partial charge in [-0.1, -0.05) is 46.0 Å². The van der Waals surface area contributed by atoms with Crippen LogP contribution in [0.4, 0.5) is 11.4 Å². The van der Waals surface area contributed by atoms with Gasteiger partial charge in [0.2, 0.25) is 0 Å². The highest BCUT2D eigenvalue weighted by Gasteiger charge is 2.41. The van der Waals surface area contributed by atoms with E-state index in [9.17, 15) is 10.1 Å². The zero-order valence-electron chi connectivity index (χ0n) is 14.4. The van der Waals surface area contributed by atoms with Crippen LogP contribution < -0.4 is 4.90 Å². The maximum absolute atomic E-state index is 11.1. The number of fused-ring (bicyclic) bond motifs is 1. The number of non-ortho nitro benzene ring substituents is 1. The van der Waals surface area contributed by atoms with Crippen molar-refractivity contribution < 1.29 is 4.92 Å². The van der Waals surface area contributed by atoms with Gasteiger partial charge in [0.1, 0.15) is 0 Å². The van der Waals surface area contributed by atoms with Crippen molar-refractivity contribution in [1.29, 1.82) is 0 Å². The second kappa shape index (κ2) is 6.50. The molecule has 0 spiro atoms. The summed E-state index contributed by atoms with van der Waals surface area (Å²) in [4.78, 5) is 13.3. The molecular formula is C19H28N2O2. The third kappa shape index (κ3) is 3.22. The fourth-order valence-electron chi connectivity index (χ4n) is 4.57. The van der Waals surface area contributed by atoms with E-state index in [0.717, 1.165) is 37.5 Å². The Balaban J connectivity index is 1.90. The van der Waals surface area contributed by atoms with Gasteiger partial charge in [0.25, 0.3) is 5.69 Å². The Kier molecular flexibility index (Phi) is 4.60. The summed E-state index contributed by atoms with van der Waals surface area (Å²) in [5.41, 5.74) is 2.79. The molecule has 1 aliphatic heterocycles. The molecule has 3 rings (SSSR count). The number of unbranched alkanes of at least 4 members (excludes halogenated alkanes) is 1. The van der Waals surface area contributed by atoms with Crippen LogP contribution in [-0.4, -0.2) is 18.0 Å². The van der Waals surface area contributed by atoms with E-state index >= 15 is 0 Å². The third-order valence-electron chi connectivity index (χ3n) is 5.72. The molecule has 23 heavy (non-hydrogen) atoms. The number of rotatable bonds is 6. The zero-order chi connectivity index (χ0) is 16.4. The predicted octanol–water partition coefficient (Wildman–Crippen LogP) is 5.05. The van der Waals surface area contributed by atoms with Crippen molar-refractivity contribution in [2.75, 3.05) is 18.0 Å². The van der Waals surface area contributed by atoms with E-state index in [1.54, 1.807) is 12.1 Å². The van der Waals surface area contributed by atoms with Gasteiger partial charge in [0, 0.05) is 36.3 Å². The van der Waals surface area contributed by atoms with Crippen molar-refractivity contribution in [1.82, 2.24) is 0 Å². The van der Waals surface area contributed by atoms with E-state index in [0.29, 0.717) is 0 Å². The Labute approximate surface area is 139 Å². The predicted molar refractivity (Wildman–Crippen MR) is 94.1 cm³/mol. The highest BCUT2D eigenvalue weighted by atomic mass is 16.6. The molecule has 1 saturated carbocycles. The summed E-state index contributed by atoms with van der Waals surface area (Å²) < 4.78 is 0. The minimum atomic E-state index is -0.273. The molecule has 1 aromatic rings. The first-order valence-corrected chi connectivity index (χ1v) is 9.07. The highest BCUT2D eigenvalue weighted by molar-refractivity contribution is 5.66. The molecule has 2 aliphatic rings. The van der Waals surface area contributed by atoms with E-state index in [1.165, 1.54) is 37.7 Å². The number of nitro groups is 1. The van der Waals surface area contributed by atoms with E-state index < -0.39 is 0 Å². The van der Waals surface area contributed by atoms with Gasteiger partial charge in [-0.2, -0.15) is 0 Å². The first-order chi connectivity index (χ1) is 11.0. The van der Waals surface area contributed by atoms with Crippen LogP contribution in [0.25, 0.3) is 0 Å². The van der Waals surface area contributed by atoms with Crippen molar-refractivity contribution in [3.05, 3.63) is 33.9 Å². The maximum atomic E-state index is 11.1. The van der Waals surface area contributed by atoms with Gasteiger partial charge in [-0.3, -0.25) is 10.1 Å². The zero-order valence-corrected chi connectivity index (χ0v) is 14.4. The third-order valence-corrected chi connectivity index (χ3v) is 5.72. The van der Waals surface area contributed by atoms with Gasteiger partial charge in [-0.15, -0.1) is 0 Å². The SMILES string of the molecule is CCCCN1CC(C)(CC2CCCC2)c2ccc([N+](=O)[O-])cc21. The first-order valence-electron chi connectivity index (χ1n) is 9.07. The Morgan fingerprint density at radius 3 is 2.74 bits per heavy atom. The van der Waals surface area contributed by atoms with Gasteiger partial charge in [0.05, 0.1) is 4.92 Å². The van der Waals surface area contributed by atoms with Crippen molar-refractivity contribution in [3.63, 3.8) is 0 Å². The Morgan fingerprint density at radius 1 is 1.35 bits per heavy atom. The lowest BCUT2D eigenvalue weighted by Gasteiger charge is -2.29. The standard InChI is InChI=1S/C19H28N2O2/c1-3-4-11-20-14-19(2,13-15-7-5-6-8-15)17-10-9-16(21(22)23)12-18(17)20/h9-10,12,15H,3-8,11,13-14H2,1-2H3. The van der Waals surface area contributed by atoms with Gasteiger partial charge in [-0.05, 0) is 30.4 Å². The van der Waals surface area contributed by atoms with Crippen LogP contribution in [0.15, 0.2) is 18.2 Å². The fraction of sp³-hybridized carbons (Fsp3) is 0.684. The number of anilines is 1. The molecule has 0 aromatic heterocycles. The van der Waals surface area contributed by atoms with Crippen LogP contribution >= 0.6 is 0 Å². The molecule has 4 heteroatoms. The van der Waals surface area contributed by atoms with Gasteiger partial charge in [-0.25, -0.2) is 0 Å². The molecule has 1 unspecified atom stereocenters. The average molecular weight is 316 g/mol. The fourth-order valence-corrected chi connectivity index (χ4v) is 4.57. The van der Waals surface area contributed by atoms with Crippen LogP contribution in [0.1, 0.15) is 64.4 Å². The lowest BCUT2D eigenvalue weighted by molar-refractivity contribution is -0.384. The Morgan fingerprint density at radius 2 is 2.09 bits per heavy atom. The number of benzene rings is 1. The topological polar surface area (TPSA) is 46.4 Å². The summed E-state index contributed by atoms with van der Waals surface area (Å²) in [6.07, 6.45) is 8.96. The van der Waals surface area contributed by atoms with Crippen molar-refractivity contribution in [2.24, 2.45) is 5.92 Å². The molecule has 126 valence electrons. The molecule has 1 heterocycles. The van der Waals surface area contributed by atoms with Crippen molar-refractivity contribution in [2.45, 2.75) is 64.2 Å². The Hall–Kier alpha value is -1.58. The van der Waals surface area contributed by atoms with Crippen LogP contribution in [0.3, 0.4) is 0 Å². The average Bonchev–Trinajstić information content (AvgIpc) is 3.12. The second-order valence-electron chi connectivity index (χ2n) is 7.65. The van der Waals surface area contributed by atoms with E-state index in [1.807, 2.05) is 6.07 Å². The van der Waals surface area contributed by atoms with Crippen molar-refractivity contribution >= 4 is 11.4 Å². The van der Waals surface area contributed by atoms with Gasteiger partial charge in [0.15, 0.2) is 0 Å². The monoisotopic (exact) mass is 316 g/mol. The second-order valence-corrected chi connectivity index (χ2v) is 7.65. The lowest BCUT2D eigenvalue weighted by Crippen LogP contribution is -2.33. The van der Waals surface area contributed by atoms with E-state index in [4.69, 9.17) is 0 Å². The number of nitrogens with zero attached hydrogens (tertiary/aromatic N) is 2. The molecule has 1 atom stereocenters. The summed E-state index contributed by atoms with van der Waals surface area (Å²) in [7, 11) is 0. The van der Waals surface area contributed by atoms with Gasteiger partial charge < -0.3 is 4.90 Å². The molecule has 0 radical (unpaired) electrons. The molecule has 0 bridgehead atoms. The summed E-state index contributed by atoms with van der Waals surface area (Å²) in [5.74, 6) is 0.828. The van der Waals surface area contributed by atoms with E-state index in [-0.39, 0.29) is 16.0 Å². The van der Waals surface area contributed by atoms with Gasteiger partial charge >= 0.3 is 0 Å². The number of hydrogen-bond donors (Lipinski definition) is 0. The summed E-state index contributed by atoms with van der Waals surface area (Å²) >= 11 is 0. The quantitative estimate of drug-likeness (QED) is 0.545. The molecule has 0 amide bonds. The first kappa shape index (κ1) is 16.3. The molecule has 0 N–H and O–H groups in total. The lowest BCUT2D eigenvalue weighted by atomic mass is 9.76. The summed E-state index contributed by atoms with van der Waals surface area (Å²) in [6, 6.07) is 5.51. The number of hydrogen-bond acceptors (Lipinski definition) is 3. The van der Waals surface area contributed by atoms with Crippen LogP contribution in [0.5, 0.6) is 0 Å². The van der Waals surface area contributed by atoms with Crippen LogP contribution in [0, 0.1) is 16.0 Å². The summed E-state index contributed by atoms with van der Waals surface area (Å²) in [5, 5.41) is 11.1. The smallest absolute Gasteiger partial charge is 0.271 e. The largest absolute Gasteiger partial charge is 0.370 e. The molecule has 0 saturated heterocycles. The minimum absolute atomic E-state index is 0.146. The normalized spacial score (nSPS) is 24.2. The molecule has 4 nitrogen and oxygen atoms in total. The minimum Gasteiger partial charge on any atom is -0.370 e. The molecular weight excluding hydrogens is 288 g/mol. The number of nitro benzene ring substituents is 1. The van der Waals surface area contributed by atoms with Crippen LogP contribution in [-0.2, 0) is 5.41 Å². The summed E-state index contributed by atoms with van der Waals surface area (Å²) in [6.45, 7) is 6.58. The molecule has 1 aromatic carbocycles. The highest BCUT2D eigenvalue weighted by Crippen LogP contribution is 2.47. The van der Waals surface area contributed by atoms with E-state index in [2.05, 4.69) is 18.7 Å². The Bertz CT molecular complexity index is 581.